The fourth-order valence-electron chi connectivity index (χ4n) is 3.10. The van der Waals surface area contributed by atoms with Crippen LogP contribution >= 0.6 is 23.4 Å². The molecular formula is C21H16ClN3O2S. The predicted octanol–water partition coefficient (Wildman–Crippen LogP) is 5.54. The summed E-state index contributed by atoms with van der Waals surface area (Å²) >= 11 is 7.78. The Hall–Kier alpha value is -2.83. The van der Waals surface area contributed by atoms with Crippen molar-refractivity contribution < 1.29 is 9.90 Å². The maximum atomic E-state index is 11.3. The molecule has 0 saturated carbocycles. The number of hydrogen-bond acceptors (Lipinski definition) is 4. The summed E-state index contributed by atoms with van der Waals surface area (Å²) in [5, 5.41) is 19.4. The van der Waals surface area contributed by atoms with Crippen LogP contribution in [0.5, 0.6) is 0 Å². The van der Waals surface area contributed by atoms with Gasteiger partial charge in [-0.15, -0.1) is 5.10 Å². The lowest BCUT2D eigenvalue weighted by Crippen LogP contribution is -2.01. The van der Waals surface area contributed by atoms with Crippen molar-refractivity contribution in [2.45, 2.75) is 23.6 Å². The van der Waals surface area contributed by atoms with Crippen LogP contribution in [0.15, 0.2) is 64.4 Å². The molecule has 5 nitrogen and oxygen atoms in total. The third-order valence-corrected chi connectivity index (χ3v) is 5.87. The topological polar surface area (TPSA) is 68.0 Å². The highest BCUT2D eigenvalue weighted by molar-refractivity contribution is 7.99. The number of nitrogens with zero attached hydrogens (tertiary/aromatic N) is 3. The molecule has 4 rings (SSSR count). The molecule has 0 fully saturated rings. The van der Waals surface area contributed by atoms with E-state index in [1.54, 1.807) is 18.2 Å². The second-order valence-electron chi connectivity index (χ2n) is 6.38. The first-order valence-corrected chi connectivity index (χ1v) is 9.76. The van der Waals surface area contributed by atoms with Crippen molar-refractivity contribution in [1.29, 1.82) is 0 Å². The van der Waals surface area contributed by atoms with Crippen LogP contribution in [0, 0.1) is 13.8 Å². The van der Waals surface area contributed by atoms with E-state index >= 15 is 0 Å². The third kappa shape index (κ3) is 3.37. The number of benzene rings is 2. The molecular weight excluding hydrogens is 394 g/mol. The Kier molecular flexibility index (Phi) is 4.83. The van der Waals surface area contributed by atoms with E-state index in [1.165, 1.54) is 11.8 Å². The zero-order valence-electron chi connectivity index (χ0n) is 15.2. The minimum absolute atomic E-state index is 0.263. The zero-order chi connectivity index (χ0) is 19.8. The summed E-state index contributed by atoms with van der Waals surface area (Å²) in [4.78, 5) is 13.2. The molecule has 28 heavy (non-hydrogen) atoms. The first-order chi connectivity index (χ1) is 13.4. The average molecular weight is 410 g/mol. The zero-order valence-corrected chi connectivity index (χ0v) is 16.8. The van der Waals surface area contributed by atoms with E-state index in [0.29, 0.717) is 10.8 Å². The van der Waals surface area contributed by atoms with E-state index in [4.69, 9.17) is 11.6 Å². The van der Waals surface area contributed by atoms with Crippen LogP contribution in [0.2, 0.25) is 5.02 Å². The van der Waals surface area contributed by atoms with Crippen molar-refractivity contribution in [3.05, 3.63) is 76.6 Å². The van der Waals surface area contributed by atoms with Gasteiger partial charge in [-0.3, -0.25) is 4.57 Å². The SMILES string of the molecule is Cc1ccc(-n2c(C)c(Sc3cccc(C(=O)O)c3)c3ccc(Cl)cc32)nn1. The number of halogens is 1. The molecule has 0 unspecified atom stereocenters. The molecule has 0 aliphatic heterocycles. The highest BCUT2D eigenvalue weighted by Crippen LogP contribution is 2.40. The van der Waals surface area contributed by atoms with Gasteiger partial charge in [0.15, 0.2) is 5.82 Å². The molecule has 2 aromatic carbocycles. The summed E-state index contributed by atoms with van der Waals surface area (Å²) in [5.74, 6) is -0.232. The van der Waals surface area contributed by atoms with E-state index in [0.717, 1.165) is 32.1 Å². The average Bonchev–Trinajstić information content (AvgIpc) is 2.94. The quantitative estimate of drug-likeness (QED) is 0.479. The number of fused-ring (bicyclic) bond motifs is 1. The largest absolute Gasteiger partial charge is 0.478 e. The molecule has 0 radical (unpaired) electrons. The number of aryl methyl sites for hydroxylation is 1. The first-order valence-electron chi connectivity index (χ1n) is 8.56. The predicted molar refractivity (Wildman–Crippen MR) is 111 cm³/mol. The second kappa shape index (κ2) is 7.30. The molecule has 0 amide bonds. The van der Waals surface area contributed by atoms with Gasteiger partial charge in [-0.05, 0) is 56.3 Å². The lowest BCUT2D eigenvalue weighted by atomic mass is 10.2. The number of hydrogen-bond donors (Lipinski definition) is 1. The van der Waals surface area contributed by atoms with Crippen LogP contribution in [0.3, 0.4) is 0 Å². The molecule has 2 heterocycles. The summed E-state index contributed by atoms with van der Waals surface area (Å²) in [7, 11) is 0. The molecule has 0 aliphatic carbocycles. The van der Waals surface area contributed by atoms with Crippen LogP contribution in [0.25, 0.3) is 16.7 Å². The van der Waals surface area contributed by atoms with E-state index in [-0.39, 0.29) is 5.56 Å². The lowest BCUT2D eigenvalue weighted by Gasteiger charge is -2.07. The van der Waals surface area contributed by atoms with Gasteiger partial charge in [-0.1, -0.05) is 35.5 Å². The summed E-state index contributed by atoms with van der Waals surface area (Å²) < 4.78 is 2.02. The summed E-state index contributed by atoms with van der Waals surface area (Å²) in [6, 6.07) is 16.5. The van der Waals surface area contributed by atoms with Gasteiger partial charge in [-0.2, -0.15) is 5.10 Å². The molecule has 1 N–H and O–H groups in total. The Morgan fingerprint density at radius 3 is 2.61 bits per heavy atom. The van der Waals surface area contributed by atoms with Crippen molar-refractivity contribution in [3.8, 4) is 5.82 Å². The minimum Gasteiger partial charge on any atom is -0.478 e. The van der Waals surface area contributed by atoms with E-state index in [2.05, 4.69) is 10.2 Å². The fraction of sp³-hybridized carbons (Fsp3) is 0.0952. The van der Waals surface area contributed by atoms with Crippen LogP contribution in [0.1, 0.15) is 21.7 Å². The molecule has 140 valence electrons. The molecule has 2 aromatic heterocycles. The smallest absolute Gasteiger partial charge is 0.335 e. The third-order valence-electron chi connectivity index (χ3n) is 4.42. The van der Waals surface area contributed by atoms with Gasteiger partial charge in [0.25, 0.3) is 0 Å². The number of aromatic carboxylic acids is 1. The summed E-state index contributed by atoms with van der Waals surface area (Å²) in [5.41, 5.74) is 3.02. The van der Waals surface area contributed by atoms with Crippen molar-refractivity contribution in [1.82, 2.24) is 14.8 Å². The Bertz CT molecular complexity index is 1200. The summed E-state index contributed by atoms with van der Waals surface area (Å²) in [6.07, 6.45) is 0. The lowest BCUT2D eigenvalue weighted by molar-refractivity contribution is 0.0696. The van der Waals surface area contributed by atoms with Crippen LogP contribution in [-0.2, 0) is 0 Å². The number of aromatic nitrogens is 3. The Balaban J connectivity index is 1.90. The molecule has 0 spiro atoms. The van der Waals surface area contributed by atoms with Crippen LogP contribution in [0.4, 0.5) is 0 Å². The van der Waals surface area contributed by atoms with Gasteiger partial charge in [0.05, 0.1) is 16.8 Å². The molecule has 0 saturated heterocycles. The van der Waals surface area contributed by atoms with Gasteiger partial charge in [-0.25, -0.2) is 4.79 Å². The highest BCUT2D eigenvalue weighted by Gasteiger charge is 2.18. The summed E-state index contributed by atoms with van der Waals surface area (Å²) in [6.45, 7) is 3.91. The highest BCUT2D eigenvalue weighted by atomic mass is 35.5. The number of carboxylic acids is 1. The van der Waals surface area contributed by atoms with Gasteiger partial charge in [0.1, 0.15) is 0 Å². The van der Waals surface area contributed by atoms with Crippen molar-refractivity contribution in [3.63, 3.8) is 0 Å². The Morgan fingerprint density at radius 1 is 1.07 bits per heavy atom. The number of carboxylic acid groups (broad SMARTS) is 1. The Labute approximate surface area is 171 Å². The number of carbonyl (C=O) groups is 1. The van der Waals surface area contributed by atoms with Gasteiger partial charge < -0.3 is 5.11 Å². The van der Waals surface area contributed by atoms with Crippen LogP contribution < -0.4 is 0 Å². The van der Waals surface area contributed by atoms with Crippen molar-refractivity contribution in [2.75, 3.05) is 0 Å². The van der Waals surface area contributed by atoms with Crippen molar-refractivity contribution in [2.24, 2.45) is 0 Å². The monoisotopic (exact) mass is 409 g/mol. The van der Waals surface area contributed by atoms with Crippen LogP contribution in [-0.4, -0.2) is 25.8 Å². The van der Waals surface area contributed by atoms with E-state index < -0.39 is 5.97 Å². The molecule has 7 heteroatoms. The Morgan fingerprint density at radius 2 is 1.89 bits per heavy atom. The normalized spacial score (nSPS) is 11.1. The van der Waals surface area contributed by atoms with Crippen molar-refractivity contribution >= 4 is 40.2 Å². The second-order valence-corrected chi connectivity index (χ2v) is 7.90. The van der Waals surface area contributed by atoms with Gasteiger partial charge in [0, 0.05) is 25.9 Å². The standard InChI is InChI=1S/C21H16ClN3O2S/c1-12-6-9-19(24-23-12)25-13(2)20(17-8-7-15(22)11-18(17)25)28-16-5-3-4-14(10-16)21(26)27/h3-11H,1-2H3,(H,26,27). The van der Waals surface area contributed by atoms with Gasteiger partial charge in [0.2, 0.25) is 0 Å². The fourth-order valence-corrected chi connectivity index (χ4v) is 4.36. The van der Waals surface area contributed by atoms with Gasteiger partial charge >= 0.3 is 5.97 Å². The first kappa shape index (κ1) is 18.5. The minimum atomic E-state index is -0.941. The molecule has 0 aliphatic rings. The van der Waals surface area contributed by atoms with E-state index in [9.17, 15) is 9.90 Å². The molecule has 0 bridgehead atoms. The number of rotatable bonds is 4. The maximum absolute atomic E-state index is 11.3. The maximum Gasteiger partial charge on any atom is 0.335 e. The molecule has 4 aromatic rings. The molecule has 0 atom stereocenters. The van der Waals surface area contributed by atoms with E-state index in [1.807, 2.05) is 54.8 Å².